The van der Waals surface area contributed by atoms with E-state index in [0.717, 1.165) is 58.2 Å². The summed E-state index contributed by atoms with van der Waals surface area (Å²) in [4.78, 5) is 11.2. The lowest BCUT2D eigenvalue weighted by atomic mass is 10.2. The quantitative estimate of drug-likeness (QED) is 0.406. The molecule has 0 radical (unpaired) electrons. The molecular formula is C13H28N2O2. The van der Waals surface area contributed by atoms with Gasteiger partial charge in [-0.2, -0.15) is 0 Å². The van der Waals surface area contributed by atoms with Crippen LogP contribution < -0.4 is 11.1 Å². The Hall–Kier alpha value is -0.610. The average Bonchev–Trinajstić information content (AvgIpc) is 2.33. The van der Waals surface area contributed by atoms with Gasteiger partial charge in [-0.05, 0) is 45.3 Å². The zero-order valence-corrected chi connectivity index (χ0v) is 11.2. The highest BCUT2D eigenvalue weighted by molar-refractivity contribution is 5.69. The molecule has 0 atom stereocenters. The van der Waals surface area contributed by atoms with Crippen molar-refractivity contribution in [2.45, 2.75) is 51.9 Å². The summed E-state index contributed by atoms with van der Waals surface area (Å²) >= 11 is 0. The summed E-state index contributed by atoms with van der Waals surface area (Å²) in [6, 6.07) is 0. The molecule has 4 heteroatoms. The first-order valence-electron chi connectivity index (χ1n) is 6.87. The Morgan fingerprint density at radius 2 is 1.88 bits per heavy atom. The van der Waals surface area contributed by atoms with Crippen molar-refractivity contribution in [1.29, 1.82) is 0 Å². The highest BCUT2D eigenvalue weighted by Crippen LogP contribution is 2.00. The van der Waals surface area contributed by atoms with E-state index in [1.165, 1.54) is 0 Å². The van der Waals surface area contributed by atoms with Gasteiger partial charge in [0, 0.05) is 6.42 Å². The second-order valence-corrected chi connectivity index (χ2v) is 4.28. The SMILES string of the molecule is CCCCCC(=O)OCCCNCCCCN. The molecule has 0 bridgehead atoms. The summed E-state index contributed by atoms with van der Waals surface area (Å²) in [7, 11) is 0. The van der Waals surface area contributed by atoms with Gasteiger partial charge in [0.1, 0.15) is 0 Å². The van der Waals surface area contributed by atoms with Crippen molar-refractivity contribution in [2.75, 3.05) is 26.2 Å². The van der Waals surface area contributed by atoms with Crippen LogP contribution in [-0.4, -0.2) is 32.2 Å². The number of rotatable bonds is 12. The van der Waals surface area contributed by atoms with Crippen molar-refractivity contribution < 1.29 is 9.53 Å². The minimum Gasteiger partial charge on any atom is -0.466 e. The van der Waals surface area contributed by atoms with Gasteiger partial charge in [-0.1, -0.05) is 19.8 Å². The topological polar surface area (TPSA) is 64.3 Å². The zero-order valence-electron chi connectivity index (χ0n) is 11.2. The third-order valence-electron chi connectivity index (χ3n) is 2.55. The summed E-state index contributed by atoms with van der Waals surface area (Å²) in [6.45, 7) is 5.34. The largest absolute Gasteiger partial charge is 0.466 e. The van der Waals surface area contributed by atoms with Gasteiger partial charge in [0.2, 0.25) is 0 Å². The van der Waals surface area contributed by atoms with E-state index in [0.29, 0.717) is 13.0 Å². The smallest absolute Gasteiger partial charge is 0.305 e. The van der Waals surface area contributed by atoms with Crippen LogP contribution in [0.1, 0.15) is 51.9 Å². The normalized spacial score (nSPS) is 10.5. The van der Waals surface area contributed by atoms with Gasteiger partial charge in [0.05, 0.1) is 6.61 Å². The maximum Gasteiger partial charge on any atom is 0.305 e. The lowest BCUT2D eigenvalue weighted by Crippen LogP contribution is -2.19. The number of nitrogens with two attached hydrogens (primary N) is 1. The van der Waals surface area contributed by atoms with E-state index in [1.807, 2.05) is 0 Å². The van der Waals surface area contributed by atoms with Crippen LogP contribution in [0.4, 0.5) is 0 Å². The Labute approximate surface area is 105 Å². The van der Waals surface area contributed by atoms with Crippen molar-refractivity contribution in [3.05, 3.63) is 0 Å². The minimum atomic E-state index is -0.0541. The second-order valence-electron chi connectivity index (χ2n) is 4.28. The molecule has 0 spiro atoms. The van der Waals surface area contributed by atoms with E-state index in [1.54, 1.807) is 0 Å². The van der Waals surface area contributed by atoms with E-state index in [4.69, 9.17) is 10.5 Å². The van der Waals surface area contributed by atoms with Crippen LogP contribution in [-0.2, 0) is 9.53 Å². The number of nitrogens with one attached hydrogen (secondary N) is 1. The summed E-state index contributed by atoms with van der Waals surface area (Å²) in [5, 5.41) is 3.30. The summed E-state index contributed by atoms with van der Waals surface area (Å²) in [5.74, 6) is -0.0541. The maximum absolute atomic E-state index is 11.2. The molecule has 3 N–H and O–H groups in total. The van der Waals surface area contributed by atoms with Crippen LogP contribution in [0, 0.1) is 0 Å². The van der Waals surface area contributed by atoms with E-state index in [-0.39, 0.29) is 5.97 Å². The van der Waals surface area contributed by atoms with Crippen LogP contribution in [0.5, 0.6) is 0 Å². The monoisotopic (exact) mass is 244 g/mol. The first-order valence-corrected chi connectivity index (χ1v) is 6.87. The first-order chi connectivity index (χ1) is 8.31. The Kier molecular flexibility index (Phi) is 13.0. The van der Waals surface area contributed by atoms with E-state index < -0.39 is 0 Å². The van der Waals surface area contributed by atoms with Gasteiger partial charge < -0.3 is 15.8 Å². The Balaban J connectivity index is 3.08. The van der Waals surface area contributed by atoms with Crippen molar-refractivity contribution in [3.63, 3.8) is 0 Å². The molecule has 0 aliphatic heterocycles. The molecule has 0 aromatic rings. The maximum atomic E-state index is 11.2. The molecule has 0 aromatic carbocycles. The van der Waals surface area contributed by atoms with Gasteiger partial charge >= 0.3 is 5.97 Å². The molecule has 0 unspecified atom stereocenters. The summed E-state index contributed by atoms with van der Waals surface area (Å²) in [6.07, 6.45) is 6.84. The van der Waals surface area contributed by atoms with E-state index >= 15 is 0 Å². The van der Waals surface area contributed by atoms with Crippen molar-refractivity contribution in [3.8, 4) is 0 Å². The molecule has 102 valence electrons. The average molecular weight is 244 g/mol. The molecule has 0 amide bonds. The number of unbranched alkanes of at least 4 members (excludes halogenated alkanes) is 3. The Bertz CT molecular complexity index is 175. The van der Waals surface area contributed by atoms with E-state index in [9.17, 15) is 4.79 Å². The van der Waals surface area contributed by atoms with Gasteiger partial charge in [-0.15, -0.1) is 0 Å². The molecule has 0 aliphatic carbocycles. The molecule has 0 saturated carbocycles. The highest BCUT2D eigenvalue weighted by atomic mass is 16.5. The number of carbonyl (C=O) groups is 1. The fraction of sp³-hybridized carbons (Fsp3) is 0.923. The van der Waals surface area contributed by atoms with Crippen LogP contribution in [0.25, 0.3) is 0 Å². The van der Waals surface area contributed by atoms with Gasteiger partial charge in [0.15, 0.2) is 0 Å². The second kappa shape index (κ2) is 13.5. The standard InChI is InChI=1S/C13H28N2O2/c1-2-3-4-8-13(16)17-12-7-11-15-10-6-5-9-14/h15H,2-12,14H2,1H3. The molecule has 17 heavy (non-hydrogen) atoms. The third kappa shape index (κ3) is 13.3. The fourth-order valence-electron chi connectivity index (χ4n) is 1.49. The molecule has 0 rings (SSSR count). The van der Waals surface area contributed by atoms with Crippen LogP contribution in [0.15, 0.2) is 0 Å². The van der Waals surface area contributed by atoms with Crippen molar-refractivity contribution in [2.24, 2.45) is 5.73 Å². The van der Waals surface area contributed by atoms with Crippen LogP contribution in [0.2, 0.25) is 0 Å². The van der Waals surface area contributed by atoms with Gasteiger partial charge in [-0.3, -0.25) is 4.79 Å². The predicted molar refractivity (Wildman–Crippen MR) is 70.9 cm³/mol. The first kappa shape index (κ1) is 16.4. The van der Waals surface area contributed by atoms with Gasteiger partial charge in [0.25, 0.3) is 0 Å². The molecular weight excluding hydrogens is 216 g/mol. The molecule has 0 heterocycles. The van der Waals surface area contributed by atoms with Crippen LogP contribution >= 0.6 is 0 Å². The number of carbonyl (C=O) groups excluding carboxylic acids is 1. The number of hydrogen-bond donors (Lipinski definition) is 2. The summed E-state index contributed by atoms with van der Waals surface area (Å²) in [5.41, 5.74) is 5.39. The molecule has 0 aromatic heterocycles. The summed E-state index contributed by atoms with van der Waals surface area (Å²) < 4.78 is 5.12. The number of hydrogen-bond acceptors (Lipinski definition) is 4. The fourth-order valence-corrected chi connectivity index (χ4v) is 1.49. The molecule has 0 aliphatic rings. The number of esters is 1. The molecule has 0 fully saturated rings. The van der Waals surface area contributed by atoms with Crippen molar-refractivity contribution in [1.82, 2.24) is 5.32 Å². The van der Waals surface area contributed by atoms with Crippen LogP contribution in [0.3, 0.4) is 0 Å². The Morgan fingerprint density at radius 3 is 2.59 bits per heavy atom. The van der Waals surface area contributed by atoms with Crippen molar-refractivity contribution >= 4 is 5.97 Å². The molecule has 4 nitrogen and oxygen atoms in total. The highest BCUT2D eigenvalue weighted by Gasteiger charge is 2.01. The zero-order chi connectivity index (χ0) is 12.8. The predicted octanol–water partition coefficient (Wildman–Crippen LogP) is 1.83. The van der Waals surface area contributed by atoms with E-state index in [2.05, 4.69) is 12.2 Å². The van der Waals surface area contributed by atoms with Gasteiger partial charge in [-0.25, -0.2) is 0 Å². The lowest BCUT2D eigenvalue weighted by molar-refractivity contribution is -0.143. The third-order valence-corrected chi connectivity index (χ3v) is 2.55. The molecule has 0 saturated heterocycles. The number of ether oxygens (including phenoxy) is 1. The minimum absolute atomic E-state index is 0.0541. The Morgan fingerprint density at radius 1 is 1.12 bits per heavy atom. The lowest BCUT2D eigenvalue weighted by Gasteiger charge is -2.06.